The van der Waals surface area contributed by atoms with Gasteiger partial charge in [-0.25, -0.2) is 18.2 Å². The summed E-state index contributed by atoms with van der Waals surface area (Å²) in [6, 6.07) is 14.3. The van der Waals surface area contributed by atoms with E-state index in [1.165, 1.54) is 36.0 Å². The molecule has 0 fully saturated rings. The molecule has 1 unspecified atom stereocenters. The van der Waals surface area contributed by atoms with Gasteiger partial charge in [-0.1, -0.05) is 29.4 Å². The lowest BCUT2D eigenvalue weighted by Gasteiger charge is -2.26. The summed E-state index contributed by atoms with van der Waals surface area (Å²) in [5, 5.41) is 1.10. The number of aryl methyl sites for hydroxylation is 1. The minimum Gasteiger partial charge on any atom is -0.495 e. The maximum Gasteiger partial charge on any atom is 0.173 e. The number of rotatable bonds is 10. The molecule has 0 bridgehead atoms. The lowest BCUT2D eigenvalue weighted by molar-refractivity contribution is 0.259. The highest BCUT2D eigenvalue weighted by Crippen LogP contribution is 2.43. The Balaban J connectivity index is 0.00000405. The predicted molar refractivity (Wildman–Crippen MR) is 164 cm³/mol. The molecule has 0 N–H and O–H groups in total. The molecule has 0 aliphatic heterocycles. The first-order chi connectivity index (χ1) is 19.7. The summed E-state index contributed by atoms with van der Waals surface area (Å²) in [6.45, 7) is 0.947. The van der Waals surface area contributed by atoms with Gasteiger partial charge in [0.15, 0.2) is 5.16 Å². The Bertz CT molecular complexity index is 1510. The molecule has 0 saturated carbocycles. The molecule has 5 rings (SSSR count). The topological polar surface area (TPSA) is 39.5 Å². The van der Waals surface area contributed by atoms with Crippen LogP contribution in [0.15, 0.2) is 59.8 Å². The Morgan fingerprint density at radius 1 is 1.05 bits per heavy atom. The third-order valence-corrected chi connectivity index (χ3v) is 8.40. The zero-order valence-electron chi connectivity index (χ0n) is 23.5. The van der Waals surface area contributed by atoms with E-state index in [1.54, 1.807) is 19.2 Å². The molecule has 42 heavy (non-hydrogen) atoms. The summed E-state index contributed by atoms with van der Waals surface area (Å²) < 4.78 is 57.0. The normalized spacial score (nSPS) is 14.4. The molecular formula is C31H32Cl2F3N3O2S. The molecule has 0 amide bonds. The van der Waals surface area contributed by atoms with E-state index in [0.717, 1.165) is 41.9 Å². The number of likely N-dealkylation sites (N-methyl/N-ethyl adjacent to an activating group) is 1. The van der Waals surface area contributed by atoms with Gasteiger partial charge in [-0.2, -0.15) is 0 Å². The van der Waals surface area contributed by atoms with Gasteiger partial charge >= 0.3 is 0 Å². The van der Waals surface area contributed by atoms with Crippen LogP contribution in [0.2, 0.25) is 5.02 Å². The first-order valence-corrected chi connectivity index (χ1v) is 14.7. The highest BCUT2D eigenvalue weighted by molar-refractivity contribution is 7.98. The molecule has 5 nitrogen and oxygen atoms in total. The predicted octanol–water partition coefficient (Wildman–Crippen LogP) is 8.07. The van der Waals surface area contributed by atoms with Crippen LogP contribution in [0, 0.1) is 17.5 Å². The summed E-state index contributed by atoms with van der Waals surface area (Å²) in [6.07, 6.45) is 2.55. The van der Waals surface area contributed by atoms with Crippen molar-refractivity contribution in [3.05, 3.63) is 99.6 Å². The smallest absolute Gasteiger partial charge is 0.173 e. The van der Waals surface area contributed by atoms with Gasteiger partial charge in [-0.3, -0.25) is 4.57 Å². The van der Waals surface area contributed by atoms with Gasteiger partial charge in [0.1, 0.15) is 35.6 Å². The Labute approximate surface area is 259 Å². The first-order valence-electron chi connectivity index (χ1n) is 13.3. The first kappa shape index (κ1) is 32.1. The standard InChI is InChI=1S/C31H31ClF3N3O2S.ClH/c1-37(2)13-14-40-22-16-26(34)24(27(35)17-22)18-41-31-36-28-6-4-5-23(19-7-12-25(32)29(15-19)39-3)30(28)38(31)21-10-8-20(33)9-11-21;/h7-12,15-17,23H,4-6,13-14,18H2,1-3H3;1H. The fourth-order valence-electron chi connectivity index (χ4n) is 5.04. The number of benzene rings is 3. The second-order valence-corrected chi connectivity index (χ2v) is 11.5. The fraction of sp³-hybridized carbons (Fsp3) is 0.323. The van der Waals surface area contributed by atoms with Crippen molar-refractivity contribution in [1.82, 2.24) is 14.5 Å². The average molecular weight is 639 g/mol. The number of thioether (sulfide) groups is 1. The highest BCUT2D eigenvalue weighted by Gasteiger charge is 2.31. The quantitative estimate of drug-likeness (QED) is 0.164. The number of hydrogen-bond donors (Lipinski definition) is 0. The van der Waals surface area contributed by atoms with E-state index >= 15 is 8.78 Å². The van der Waals surface area contributed by atoms with E-state index in [1.807, 2.05) is 41.8 Å². The molecule has 224 valence electrons. The molecule has 11 heteroatoms. The number of hydrogen-bond acceptors (Lipinski definition) is 5. The SMILES string of the molecule is COc1cc(C2CCCc3nc(SCc4c(F)cc(OCCN(C)C)cc4F)n(-c4ccc(F)cc4)c32)ccc1Cl.Cl. The number of ether oxygens (including phenoxy) is 2. The Morgan fingerprint density at radius 2 is 1.76 bits per heavy atom. The van der Waals surface area contributed by atoms with E-state index in [4.69, 9.17) is 26.1 Å². The average Bonchev–Trinajstić information content (AvgIpc) is 3.31. The van der Waals surface area contributed by atoms with Gasteiger partial charge in [0.2, 0.25) is 0 Å². The van der Waals surface area contributed by atoms with Crippen LogP contribution in [-0.4, -0.2) is 48.8 Å². The van der Waals surface area contributed by atoms with Crippen LogP contribution >= 0.6 is 35.8 Å². The van der Waals surface area contributed by atoms with Gasteiger partial charge in [-0.15, -0.1) is 12.4 Å². The summed E-state index contributed by atoms with van der Waals surface area (Å²) in [5.74, 6) is -0.969. The largest absolute Gasteiger partial charge is 0.495 e. The third kappa shape index (κ3) is 7.02. The van der Waals surface area contributed by atoms with Gasteiger partial charge in [-0.05, 0) is 75.3 Å². The van der Waals surface area contributed by atoms with Crippen molar-refractivity contribution in [2.24, 2.45) is 0 Å². The van der Waals surface area contributed by atoms with E-state index in [2.05, 4.69) is 0 Å². The van der Waals surface area contributed by atoms with Crippen molar-refractivity contribution in [2.45, 2.75) is 36.1 Å². The van der Waals surface area contributed by atoms with Crippen molar-refractivity contribution in [1.29, 1.82) is 0 Å². The minimum atomic E-state index is -0.673. The molecule has 1 aliphatic rings. The summed E-state index contributed by atoms with van der Waals surface area (Å²) in [5.41, 5.74) is 3.57. The fourth-order valence-corrected chi connectivity index (χ4v) is 6.30. The van der Waals surface area contributed by atoms with Crippen molar-refractivity contribution in [2.75, 3.05) is 34.4 Å². The van der Waals surface area contributed by atoms with Crippen LogP contribution < -0.4 is 9.47 Å². The molecule has 1 aromatic heterocycles. The zero-order chi connectivity index (χ0) is 29.1. The minimum absolute atomic E-state index is 0. The molecule has 0 spiro atoms. The Morgan fingerprint density at radius 3 is 2.43 bits per heavy atom. The van der Waals surface area contributed by atoms with Crippen LogP contribution in [0.4, 0.5) is 13.2 Å². The van der Waals surface area contributed by atoms with Crippen molar-refractivity contribution < 1.29 is 22.6 Å². The van der Waals surface area contributed by atoms with Crippen molar-refractivity contribution in [3.8, 4) is 17.2 Å². The number of aromatic nitrogens is 2. The zero-order valence-corrected chi connectivity index (χ0v) is 25.9. The lowest BCUT2D eigenvalue weighted by Crippen LogP contribution is -2.19. The van der Waals surface area contributed by atoms with Gasteiger partial charge < -0.3 is 14.4 Å². The van der Waals surface area contributed by atoms with Crippen LogP contribution in [0.1, 0.15) is 41.3 Å². The number of nitrogens with zero attached hydrogens (tertiary/aromatic N) is 3. The van der Waals surface area contributed by atoms with E-state index in [9.17, 15) is 4.39 Å². The van der Waals surface area contributed by atoms with Gasteiger partial charge in [0.05, 0.1) is 23.5 Å². The molecule has 1 aliphatic carbocycles. The van der Waals surface area contributed by atoms with Crippen LogP contribution in [0.5, 0.6) is 11.5 Å². The maximum absolute atomic E-state index is 15.0. The van der Waals surface area contributed by atoms with E-state index in [-0.39, 0.29) is 41.2 Å². The summed E-state index contributed by atoms with van der Waals surface area (Å²) in [7, 11) is 5.37. The highest BCUT2D eigenvalue weighted by atomic mass is 35.5. The molecule has 1 atom stereocenters. The van der Waals surface area contributed by atoms with Crippen LogP contribution in [0.3, 0.4) is 0 Å². The van der Waals surface area contributed by atoms with Crippen molar-refractivity contribution in [3.63, 3.8) is 0 Å². The van der Waals surface area contributed by atoms with E-state index < -0.39 is 11.6 Å². The van der Waals surface area contributed by atoms with Crippen LogP contribution in [0.25, 0.3) is 5.69 Å². The lowest BCUT2D eigenvalue weighted by atomic mass is 9.84. The number of fused-ring (bicyclic) bond motifs is 1. The molecule has 0 radical (unpaired) electrons. The Hall–Kier alpha value is -2.85. The molecule has 1 heterocycles. The molecule has 3 aromatic carbocycles. The van der Waals surface area contributed by atoms with Gasteiger partial charge in [0, 0.05) is 41.6 Å². The second-order valence-electron chi connectivity index (χ2n) is 10.2. The van der Waals surface area contributed by atoms with Crippen LogP contribution in [-0.2, 0) is 12.2 Å². The van der Waals surface area contributed by atoms with E-state index in [0.29, 0.717) is 29.1 Å². The summed E-state index contributed by atoms with van der Waals surface area (Å²) in [4.78, 5) is 6.86. The number of imidazole rings is 1. The third-order valence-electron chi connectivity index (χ3n) is 7.12. The second kappa shape index (κ2) is 14.1. The monoisotopic (exact) mass is 637 g/mol. The number of halogens is 5. The molecule has 4 aromatic rings. The molecular weight excluding hydrogens is 606 g/mol. The summed E-state index contributed by atoms with van der Waals surface area (Å²) >= 11 is 7.54. The van der Waals surface area contributed by atoms with Crippen molar-refractivity contribution >= 4 is 35.8 Å². The number of methoxy groups -OCH3 is 1. The Kier molecular flexibility index (Phi) is 10.8. The maximum atomic E-state index is 15.0. The van der Waals surface area contributed by atoms with Gasteiger partial charge in [0.25, 0.3) is 0 Å². The molecule has 0 saturated heterocycles.